The molecule has 2 amide bonds. The van der Waals surface area contributed by atoms with E-state index in [1.54, 1.807) is 20.8 Å². The summed E-state index contributed by atoms with van der Waals surface area (Å²) in [7, 11) is -3.25. The van der Waals surface area contributed by atoms with Crippen molar-refractivity contribution in [3.8, 4) is 0 Å². The molecule has 0 aromatic carbocycles. The number of nitrogens with zero attached hydrogens (tertiary/aromatic N) is 2. The Hall–Kier alpha value is -1.35. The first kappa shape index (κ1) is 17.7. The molecule has 0 aromatic rings. The minimum atomic E-state index is -3.25. The average Bonchev–Trinajstić information content (AvgIpc) is 2.33. The van der Waals surface area contributed by atoms with Gasteiger partial charge in [0.05, 0.1) is 6.26 Å². The van der Waals surface area contributed by atoms with Crippen LogP contribution >= 0.6 is 0 Å². The molecule has 0 saturated carbocycles. The lowest BCUT2D eigenvalue weighted by Gasteiger charge is -2.35. The number of piperazine rings is 1. The lowest BCUT2D eigenvalue weighted by Crippen LogP contribution is -2.57. The zero-order valence-corrected chi connectivity index (χ0v) is 13.6. The van der Waals surface area contributed by atoms with Gasteiger partial charge in [-0.05, 0) is 5.41 Å². The van der Waals surface area contributed by atoms with Crippen molar-refractivity contribution in [3.63, 3.8) is 0 Å². The molecular weight excluding hydrogens is 298 g/mol. The molecule has 1 fully saturated rings. The first-order valence-corrected chi connectivity index (χ1v) is 8.51. The molecular formula is C12H23N3O5S. The Morgan fingerprint density at radius 2 is 1.62 bits per heavy atom. The highest BCUT2D eigenvalue weighted by molar-refractivity contribution is 7.88. The van der Waals surface area contributed by atoms with E-state index in [4.69, 9.17) is 0 Å². The highest BCUT2D eigenvalue weighted by Gasteiger charge is 2.34. The predicted octanol–water partition coefficient (Wildman–Crippen LogP) is -0.227. The Bertz CT molecular complexity index is 503. The molecule has 122 valence electrons. The highest BCUT2D eigenvalue weighted by Crippen LogP contribution is 2.20. The molecule has 2 N–H and O–H groups in total. The van der Waals surface area contributed by atoms with E-state index in [1.807, 2.05) is 0 Å². The number of carboxylic acids is 1. The second-order valence-corrected chi connectivity index (χ2v) is 8.22. The summed E-state index contributed by atoms with van der Waals surface area (Å²) in [4.78, 5) is 24.8. The van der Waals surface area contributed by atoms with Crippen molar-refractivity contribution in [3.05, 3.63) is 0 Å². The summed E-state index contributed by atoms with van der Waals surface area (Å²) in [6, 6.07) is -1.48. The zero-order chi connectivity index (χ0) is 16.4. The number of carbonyl (C=O) groups is 2. The number of urea groups is 1. The molecule has 8 nitrogen and oxygen atoms in total. The van der Waals surface area contributed by atoms with Gasteiger partial charge in [0.25, 0.3) is 0 Å². The van der Waals surface area contributed by atoms with E-state index in [-0.39, 0.29) is 26.2 Å². The molecule has 0 radical (unpaired) electrons. The van der Waals surface area contributed by atoms with Gasteiger partial charge in [-0.1, -0.05) is 20.8 Å². The molecule has 0 unspecified atom stereocenters. The van der Waals surface area contributed by atoms with Crippen LogP contribution in [0.1, 0.15) is 20.8 Å². The van der Waals surface area contributed by atoms with Crippen LogP contribution in [0.25, 0.3) is 0 Å². The molecule has 1 aliphatic rings. The number of carboxylic acid groups (broad SMARTS) is 1. The van der Waals surface area contributed by atoms with Crippen LogP contribution in [0, 0.1) is 5.41 Å². The Labute approximate surface area is 125 Å². The third kappa shape index (κ3) is 4.85. The average molecular weight is 321 g/mol. The molecule has 0 spiro atoms. The molecule has 0 aromatic heterocycles. The van der Waals surface area contributed by atoms with Gasteiger partial charge in [-0.25, -0.2) is 18.0 Å². The molecule has 1 rings (SSSR count). The second kappa shape index (κ2) is 6.18. The SMILES string of the molecule is CC(C)(C)[C@@H](NC(=O)N1CCN(S(C)(=O)=O)CC1)C(=O)O. The van der Waals surface area contributed by atoms with Gasteiger partial charge in [-0.3, -0.25) is 0 Å². The van der Waals surface area contributed by atoms with Crippen molar-refractivity contribution in [1.82, 2.24) is 14.5 Å². The standard InChI is InChI=1S/C12H23N3O5S/c1-12(2,3)9(10(16)17)13-11(18)14-5-7-15(8-6-14)21(4,19)20/h9H,5-8H2,1-4H3,(H,13,18)(H,16,17)/t9-/m0/s1. The Morgan fingerprint density at radius 1 is 1.14 bits per heavy atom. The monoisotopic (exact) mass is 321 g/mol. The van der Waals surface area contributed by atoms with Crippen LogP contribution in [-0.4, -0.2) is 73.2 Å². The largest absolute Gasteiger partial charge is 0.480 e. The van der Waals surface area contributed by atoms with E-state index in [0.717, 1.165) is 6.26 Å². The van der Waals surface area contributed by atoms with Gasteiger partial charge < -0.3 is 15.3 Å². The first-order valence-electron chi connectivity index (χ1n) is 6.66. The van der Waals surface area contributed by atoms with Gasteiger partial charge >= 0.3 is 12.0 Å². The fraction of sp³-hybridized carbons (Fsp3) is 0.833. The van der Waals surface area contributed by atoms with Gasteiger partial charge in [0.2, 0.25) is 10.0 Å². The number of hydrogen-bond acceptors (Lipinski definition) is 4. The fourth-order valence-corrected chi connectivity index (χ4v) is 2.91. The number of hydrogen-bond donors (Lipinski definition) is 2. The number of nitrogens with one attached hydrogen (secondary N) is 1. The van der Waals surface area contributed by atoms with Gasteiger partial charge in [-0.2, -0.15) is 4.31 Å². The number of aliphatic carboxylic acids is 1. The minimum absolute atomic E-state index is 0.222. The van der Waals surface area contributed by atoms with Crippen molar-refractivity contribution >= 4 is 22.0 Å². The number of sulfonamides is 1. The Balaban J connectivity index is 2.64. The van der Waals surface area contributed by atoms with Crippen molar-refractivity contribution in [1.29, 1.82) is 0 Å². The van der Waals surface area contributed by atoms with Gasteiger partial charge in [0.15, 0.2) is 0 Å². The van der Waals surface area contributed by atoms with E-state index < -0.39 is 33.5 Å². The summed E-state index contributed by atoms with van der Waals surface area (Å²) in [6.45, 7) is 6.12. The number of amides is 2. The van der Waals surface area contributed by atoms with Crippen molar-refractivity contribution in [2.45, 2.75) is 26.8 Å². The quantitative estimate of drug-likeness (QED) is 0.747. The smallest absolute Gasteiger partial charge is 0.326 e. The van der Waals surface area contributed by atoms with Crippen LogP contribution in [-0.2, 0) is 14.8 Å². The summed E-state index contributed by atoms with van der Waals surface area (Å²) in [5, 5.41) is 11.7. The maximum atomic E-state index is 12.1. The molecule has 1 heterocycles. The maximum absolute atomic E-state index is 12.1. The summed E-state index contributed by atoms with van der Waals surface area (Å²) >= 11 is 0. The van der Waals surface area contributed by atoms with Crippen LogP contribution in [0.4, 0.5) is 4.79 Å². The zero-order valence-electron chi connectivity index (χ0n) is 12.8. The lowest BCUT2D eigenvalue weighted by molar-refractivity contribution is -0.142. The topological polar surface area (TPSA) is 107 Å². The van der Waals surface area contributed by atoms with E-state index >= 15 is 0 Å². The number of rotatable bonds is 3. The van der Waals surface area contributed by atoms with Crippen molar-refractivity contribution in [2.24, 2.45) is 5.41 Å². The molecule has 1 atom stereocenters. The summed E-state index contributed by atoms with van der Waals surface area (Å²) in [6.07, 6.45) is 1.13. The fourth-order valence-electron chi connectivity index (χ4n) is 2.09. The predicted molar refractivity (Wildman–Crippen MR) is 77.4 cm³/mol. The molecule has 1 aliphatic heterocycles. The number of carbonyl (C=O) groups excluding carboxylic acids is 1. The van der Waals surface area contributed by atoms with Crippen LogP contribution in [0.3, 0.4) is 0 Å². The summed E-state index contributed by atoms with van der Waals surface area (Å²) < 4.78 is 24.1. The van der Waals surface area contributed by atoms with Gasteiger partial charge in [0, 0.05) is 26.2 Å². The highest BCUT2D eigenvalue weighted by atomic mass is 32.2. The molecule has 9 heteroatoms. The molecule has 0 bridgehead atoms. The summed E-state index contributed by atoms with van der Waals surface area (Å²) in [5.74, 6) is -1.09. The second-order valence-electron chi connectivity index (χ2n) is 6.24. The third-order valence-electron chi connectivity index (χ3n) is 3.38. The maximum Gasteiger partial charge on any atom is 0.326 e. The van der Waals surface area contributed by atoms with E-state index in [2.05, 4.69) is 5.32 Å². The van der Waals surface area contributed by atoms with Crippen molar-refractivity contribution < 1.29 is 23.1 Å². The van der Waals surface area contributed by atoms with Crippen LogP contribution < -0.4 is 5.32 Å². The first-order chi connectivity index (χ1) is 9.43. The van der Waals surface area contributed by atoms with Crippen LogP contribution in [0.15, 0.2) is 0 Å². The van der Waals surface area contributed by atoms with E-state index in [9.17, 15) is 23.1 Å². The molecule has 1 saturated heterocycles. The lowest BCUT2D eigenvalue weighted by atomic mass is 9.87. The van der Waals surface area contributed by atoms with E-state index in [0.29, 0.717) is 0 Å². The normalized spacial score (nSPS) is 19.1. The van der Waals surface area contributed by atoms with Gasteiger partial charge in [-0.15, -0.1) is 0 Å². The van der Waals surface area contributed by atoms with Crippen LogP contribution in [0.5, 0.6) is 0 Å². The van der Waals surface area contributed by atoms with Crippen LogP contribution in [0.2, 0.25) is 0 Å². The summed E-state index contributed by atoms with van der Waals surface area (Å²) in [5.41, 5.74) is -0.615. The third-order valence-corrected chi connectivity index (χ3v) is 4.68. The Morgan fingerprint density at radius 3 is 1.95 bits per heavy atom. The van der Waals surface area contributed by atoms with Crippen molar-refractivity contribution in [2.75, 3.05) is 32.4 Å². The Kier molecular flexibility index (Phi) is 5.21. The minimum Gasteiger partial charge on any atom is -0.480 e. The molecule has 0 aliphatic carbocycles. The van der Waals surface area contributed by atoms with E-state index in [1.165, 1.54) is 9.21 Å². The van der Waals surface area contributed by atoms with Gasteiger partial charge in [0.1, 0.15) is 6.04 Å². The molecule has 21 heavy (non-hydrogen) atoms.